The zero-order valence-corrected chi connectivity index (χ0v) is 19.4. The summed E-state index contributed by atoms with van der Waals surface area (Å²) in [5.74, 6) is -1.16. The van der Waals surface area contributed by atoms with Crippen LogP contribution in [0.2, 0.25) is 0 Å². The number of aliphatic carboxylic acids is 1. The second kappa shape index (κ2) is 16.2. The molecule has 0 spiro atoms. The maximum atomic E-state index is 11.0. The Balaban J connectivity index is 3.60. The molecule has 0 amide bonds. The second-order valence-corrected chi connectivity index (χ2v) is 9.92. The number of aliphatic hydroxyl groups is 1. The van der Waals surface area contributed by atoms with E-state index in [2.05, 4.69) is 6.92 Å². The molecule has 0 heterocycles. The molecule has 0 saturated carbocycles. The number of unbranched alkanes of at least 4 members (excludes halogenated alkanes) is 14. The van der Waals surface area contributed by atoms with Crippen LogP contribution in [-0.2, 0) is 4.79 Å². The Hall–Kier alpha value is -0.610. The number of hydrogen-bond acceptors (Lipinski definition) is 3. The molecular formula is C24H49NO3. The highest BCUT2D eigenvalue weighted by atomic mass is 16.4. The van der Waals surface area contributed by atoms with Crippen LogP contribution in [0.25, 0.3) is 0 Å². The van der Waals surface area contributed by atoms with Gasteiger partial charge in [0.05, 0.1) is 21.1 Å². The van der Waals surface area contributed by atoms with Gasteiger partial charge in [-0.2, -0.15) is 0 Å². The number of carbonyl (C=O) groups is 1. The Morgan fingerprint density at radius 1 is 0.750 bits per heavy atom. The summed E-state index contributed by atoms with van der Waals surface area (Å²) in [4.78, 5) is 11.0. The molecule has 0 aromatic heterocycles. The fourth-order valence-electron chi connectivity index (χ4n) is 4.20. The Bertz CT molecular complexity index is 379. The molecule has 0 aromatic rings. The van der Waals surface area contributed by atoms with Gasteiger partial charge in [-0.3, -0.25) is 0 Å². The summed E-state index contributed by atoms with van der Waals surface area (Å²) >= 11 is 0. The van der Waals surface area contributed by atoms with Crippen molar-refractivity contribution in [1.29, 1.82) is 0 Å². The Labute approximate surface area is 175 Å². The molecular weight excluding hydrogens is 350 g/mol. The molecule has 0 aromatic carbocycles. The topological polar surface area (TPSA) is 60.4 Å². The number of quaternary nitrogens is 1. The van der Waals surface area contributed by atoms with E-state index in [1.54, 1.807) is 0 Å². The van der Waals surface area contributed by atoms with Crippen molar-refractivity contribution in [3.05, 3.63) is 0 Å². The number of carbonyl (C=O) groups excluding carboxylic acids is 1. The molecule has 0 radical (unpaired) electrons. The van der Waals surface area contributed by atoms with E-state index in [1.165, 1.54) is 83.5 Å². The number of likely N-dealkylation sites (N-methyl/N-ethyl adjacent to an activating group) is 1. The lowest BCUT2D eigenvalue weighted by molar-refractivity contribution is -0.877. The number of nitrogens with zero attached hydrogens (tertiary/aromatic N) is 1. The Morgan fingerprint density at radius 3 is 1.43 bits per heavy atom. The molecule has 4 heteroatoms. The van der Waals surface area contributed by atoms with Crippen molar-refractivity contribution in [2.24, 2.45) is 0 Å². The van der Waals surface area contributed by atoms with Crippen LogP contribution >= 0.6 is 0 Å². The van der Waals surface area contributed by atoms with E-state index >= 15 is 0 Å². The standard InChI is InChI=1S/C24H49NO3/c1-5-6-7-8-9-10-11-12-13-14-15-16-17-18-19-20-24(28,21-23(26)27)22-25(2,3)4/h28H,5-22H2,1-4H3. The van der Waals surface area contributed by atoms with Crippen LogP contribution in [0, 0.1) is 0 Å². The Kier molecular flexibility index (Phi) is 15.9. The largest absolute Gasteiger partial charge is 0.550 e. The van der Waals surface area contributed by atoms with Gasteiger partial charge in [0.1, 0.15) is 12.1 Å². The summed E-state index contributed by atoms with van der Waals surface area (Å²) in [7, 11) is 5.94. The van der Waals surface area contributed by atoms with Crippen LogP contribution in [0.5, 0.6) is 0 Å². The summed E-state index contributed by atoms with van der Waals surface area (Å²) in [6.07, 6.45) is 19.9. The lowest BCUT2D eigenvalue weighted by atomic mass is 9.91. The van der Waals surface area contributed by atoms with Gasteiger partial charge in [-0.25, -0.2) is 0 Å². The minimum Gasteiger partial charge on any atom is -0.550 e. The first kappa shape index (κ1) is 27.4. The van der Waals surface area contributed by atoms with E-state index in [9.17, 15) is 15.0 Å². The highest BCUT2D eigenvalue weighted by Gasteiger charge is 2.33. The van der Waals surface area contributed by atoms with E-state index in [0.717, 1.165) is 12.8 Å². The van der Waals surface area contributed by atoms with E-state index in [4.69, 9.17) is 0 Å². The monoisotopic (exact) mass is 399 g/mol. The third-order valence-corrected chi connectivity index (χ3v) is 5.49. The lowest BCUT2D eigenvalue weighted by Gasteiger charge is -2.36. The van der Waals surface area contributed by atoms with Gasteiger partial charge in [0.15, 0.2) is 0 Å². The first-order valence-electron chi connectivity index (χ1n) is 11.9. The van der Waals surface area contributed by atoms with Crippen molar-refractivity contribution in [3.8, 4) is 0 Å². The smallest absolute Gasteiger partial charge is 0.119 e. The number of carboxylic acids is 1. The average molecular weight is 400 g/mol. The van der Waals surface area contributed by atoms with Crippen LogP contribution in [0.3, 0.4) is 0 Å². The van der Waals surface area contributed by atoms with Crippen molar-refractivity contribution < 1.29 is 19.5 Å². The summed E-state index contributed by atoms with van der Waals surface area (Å²) in [5.41, 5.74) is -1.15. The van der Waals surface area contributed by atoms with Gasteiger partial charge in [0.2, 0.25) is 0 Å². The molecule has 0 aliphatic rings. The van der Waals surface area contributed by atoms with Gasteiger partial charge in [-0.05, 0) is 6.42 Å². The van der Waals surface area contributed by atoms with E-state index < -0.39 is 11.6 Å². The maximum Gasteiger partial charge on any atom is 0.119 e. The summed E-state index contributed by atoms with van der Waals surface area (Å²) < 4.78 is 0.558. The van der Waals surface area contributed by atoms with Gasteiger partial charge in [-0.15, -0.1) is 0 Å². The maximum absolute atomic E-state index is 11.0. The predicted octanol–water partition coefficient (Wildman–Crippen LogP) is 4.83. The zero-order valence-electron chi connectivity index (χ0n) is 19.4. The zero-order chi connectivity index (χ0) is 21.3. The summed E-state index contributed by atoms with van der Waals surface area (Å²) in [5, 5.41) is 21.7. The lowest BCUT2D eigenvalue weighted by Crippen LogP contribution is -2.51. The van der Waals surface area contributed by atoms with Crippen LogP contribution in [0.4, 0.5) is 0 Å². The normalized spacial score (nSPS) is 14.2. The molecule has 1 atom stereocenters. The third kappa shape index (κ3) is 18.7. The van der Waals surface area contributed by atoms with E-state index in [1.807, 2.05) is 21.1 Å². The van der Waals surface area contributed by atoms with Crippen molar-refractivity contribution in [2.75, 3.05) is 27.7 Å². The van der Waals surface area contributed by atoms with Crippen LogP contribution < -0.4 is 5.11 Å². The van der Waals surface area contributed by atoms with Crippen LogP contribution in [0.1, 0.15) is 116 Å². The van der Waals surface area contributed by atoms with Crippen LogP contribution in [-0.4, -0.2) is 48.8 Å². The number of rotatable bonds is 20. The molecule has 0 saturated heterocycles. The van der Waals surface area contributed by atoms with Gasteiger partial charge < -0.3 is 19.5 Å². The molecule has 0 fully saturated rings. The first-order valence-corrected chi connectivity index (χ1v) is 11.9. The molecule has 1 N–H and O–H groups in total. The summed E-state index contributed by atoms with van der Waals surface area (Å²) in [6, 6.07) is 0. The van der Waals surface area contributed by atoms with Crippen molar-refractivity contribution in [2.45, 2.75) is 122 Å². The van der Waals surface area contributed by atoms with Gasteiger partial charge >= 0.3 is 0 Å². The first-order chi connectivity index (χ1) is 13.2. The van der Waals surface area contributed by atoms with Gasteiger partial charge in [0, 0.05) is 12.4 Å². The van der Waals surface area contributed by atoms with Crippen LogP contribution in [0.15, 0.2) is 0 Å². The molecule has 0 aliphatic heterocycles. The minimum absolute atomic E-state index is 0.263. The highest BCUT2D eigenvalue weighted by Crippen LogP contribution is 2.22. The summed E-state index contributed by atoms with van der Waals surface area (Å²) in [6.45, 7) is 2.71. The van der Waals surface area contributed by atoms with Crippen molar-refractivity contribution in [3.63, 3.8) is 0 Å². The highest BCUT2D eigenvalue weighted by molar-refractivity contribution is 5.65. The molecule has 1 unspecified atom stereocenters. The van der Waals surface area contributed by atoms with Crippen molar-refractivity contribution >= 4 is 5.97 Å². The second-order valence-electron chi connectivity index (χ2n) is 9.92. The fourth-order valence-corrected chi connectivity index (χ4v) is 4.20. The minimum atomic E-state index is -1.16. The molecule has 28 heavy (non-hydrogen) atoms. The Morgan fingerprint density at radius 2 is 1.11 bits per heavy atom. The van der Waals surface area contributed by atoms with Crippen molar-refractivity contribution in [1.82, 2.24) is 0 Å². The molecule has 0 rings (SSSR count). The average Bonchev–Trinajstić information content (AvgIpc) is 2.55. The molecule has 0 aliphatic carbocycles. The van der Waals surface area contributed by atoms with Gasteiger partial charge in [-0.1, -0.05) is 103 Å². The van der Waals surface area contributed by atoms with Gasteiger partial charge in [0.25, 0.3) is 0 Å². The number of carboxylic acid groups (broad SMARTS) is 1. The number of hydrogen-bond donors (Lipinski definition) is 1. The molecule has 0 bridgehead atoms. The van der Waals surface area contributed by atoms with E-state index in [0.29, 0.717) is 17.4 Å². The third-order valence-electron chi connectivity index (χ3n) is 5.49. The predicted molar refractivity (Wildman–Crippen MR) is 117 cm³/mol. The fraction of sp³-hybridized carbons (Fsp3) is 0.958. The quantitative estimate of drug-likeness (QED) is 0.236. The molecule has 168 valence electrons. The SMILES string of the molecule is CCCCCCCCCCCCCCCCCC(O)(CC(=O)[O-])C[N+](C)(C)C. The van der Waals surface area contributed by atoms with E-state index in [-0.39, 0.29) is 6.42 Å². The molecule has 4 nitrogen and oxygen atoms in total.